The van der Waals surface area contributed by atoms with Gasteiger partial charge in [-0.3, -0.25) is 9.59 Å². The largest absolute Gasteiger partial charge is 0.466 e. The summed E-state index contributed by atoms with van der Waals surface area (Å²) in [7, 11) is 0. The van der Waals surface area contributed by atoms with E-state index in [1.54, 1.807) is 13.0 Å². The van der Waals surface area contributed by atoms with Crippen LogP contribution in [0.1, 0.15) is 39.0 Å². The highest BCUT2D eigenvalue weighted by atomic mass is 16.5. The van der Waals surface area contributed by atoms with Crippen LogP contribution < -0.4 is 0 Å². The summed E-state index contributed by atoms with van der Waals surface area (Å²) in [5.74, 6) is 0.0153. The molecule has 78 valence electrons. The van der Waals surface area contributed by atoms with Crippen LogP contribution in [0.15, 0.2) is 11.6 Å². The lowest BCUT2D eigenvalue weighted by atomic mass is 9.95. The average Bonchev–Trinajstić information content (AvgIpc) is 2.15. The molecule has 0 amide bonds. The molecule has 0 atom stereocenters. The van der Waals surface area contributed by atoms with Gasteiger partial charge >= 0.3 is 5.97 Å². The Bertz CT molecular complexity index is 253. The first-order chi connectivity index (χ1) is 6.72. The number of hydrogen-bond donors (Lipinski definition) is 0. The van der Waals surface area contributed by atoms with Gasteiger partial charge in [-0.15, -0.1) is 0 Å². The van der Waals surface area contributed by atoms with Crippen molar-refractivity contribution in [2.24, 2.45) is 0 Å². The van der Waals surface area contributed by atoms with Gasteiger partial charge in [0.15, 0.2) is 5.78 Å². The highest BCUT2D eigenvalue weighted by Gasteiger charge is 2.11. The highest BCUT2D eigenvalue weighted by molar-refractivity contribution is 5.91. The fraction of sp³-hybridized carbons (Fsp3) is 0.636. The molecule has 0 aliphatic heterocycles. The monoisotopic (exact) mass is 196 g/mol. The molecule has 0 unspecified atom stereocenters. The van der Waals surface area contributed by atoms with Crippen molar-refractivity contribution in [2.45, 2.75) is 39.0 Å². The standard InChI is InChI=1S/C11H16O3/c1-2-14-11(13)7-6-9-4-3-5-10(12)8-9/h8H,2-7H2,1H3. The van der Waals surface area contributed by atoms with E-state index in [0.717, 1.165) is 18.4 Å². The Hall–Kier alpha value is -1.12. The average molecular weight is 196 g/mol. The fourth-order valence-corrected chi connectivity index (χ4v) is 1.55. The zero-order valence-corrected chi connectivity index (χ0v) is 8.54. The van der Waals surface area contributed by atoms with Crippen LogP contribution in [0.3, 0.4) is 0 Å². The number of carbonyl (C=O) groups excluding carboxylic acids is 2. The van der Waals surface area contributed by atoms with E-state index in [2.05, 4.69) is 0 Å². The van der Waals surface area contributed by atoms with E-state index >= 15 is 0 Å². The first-order valence-corrected chi connectivity index (χ1v) is 5.10. The molecular formula is C11H16O3. The van der Waals surface area contributed by atoms with Crippen LogP contribution >= 0.6 is 0 Å². The summed E-state index contributed by atoms with van der Waals surface area (Å²) < 4.78 is 4.81. The summed E-state index contributed by atoms with van der Waals surface area (Å²) in [4.78, 5) is 22.1. The predicted molar refractivity (Wildman–Crippen MR) is 52.8 cm³/mol. The Morgan fingerprint density at radius 3 is 2.93 bits per heavy atom. The second kappa shape index (κ2) is 5.58. The van der Waals surface area contributed by atoms with Gasteiger partial charge < -0.3 is 4.74 Å². The number of esters is 1. The smallest absolute Gasteiger partial charge is 0.306 e. The Morgan fingerprint density at radius 1 is 1.50 bits per heavy atom. The summed E-state index contributed by atoms with van der Waals surface area (Å²) in [5.41, 5.74) is 1.09. The second-order valence-electron chi connectivity index (χ2n) is 3.43. The van der Waals surface area contributed by atoms with Crippen molar-refractivity contribution < 1.29 is 14.3 Å². The van der Waals surface area contributed by atoms with Crippen LogP contribution in [0.4, 0.5) is 0 Å². The molecule has 0 aromatic heterocycles. The molecule has 0 N–H and O–H groups in total. The van der Waals surface area contributed by atoms with Crippen LogP contribution in [0.5, 0.6) is 0 Å². The molecule has 1 aliphatic carbocycles. The molecular weight excluding hydrogens is 180 g/mol. The molecule has 3 heteroatoms. The van der Waals surface area contributed by atoms with E-state index in [0.29, 0.717) is 25.9 Å². The molecule has 0 fully saturated rings. The van der Waals surface area contributed by atoms with Gasteiger partial charge in [-0.1, -0.05) is 5.57 Å². The molecule has 0 spiro atoms. The van der Waals surface area contributed by atoms with Crippen LogP contribution in [0, 0.1) is 0 Å². The SMILES string of the molecule is CCOC(=O)CCC1=CC(=O)CCC1. The van der Waals surface area contributed by atoms with E-state index in [-0.39, 0.29) is 11.8 Å². The molecule has 0 saturated carbocycles. The van der Waals surface area contributed by atoms with Crippen LogP contribution in [0.2, 0.25) is 0 Å². The minimum Gasteiger partial charge on any atom is -0.466 e. The third-order valence-corrected chi connectivity index (χ3v) is 2.24. The van der Waals surface area contributed by atoms with Crippen LogP contribution in [-0.2, 0) is 14.3 Å². The number of carbonyl (C=O) groups is 2. The summed E-state index contributed by atoms with van der Waals surface area (Å²) >= 11 is 0. The van der Waals surface area contributed by atoms with Crippen LogP contribution in [-0.4, -0.2) is 18.4 Å². The van der Waals surface area contributed by atoms with Crippen molar-refractivity contribution in [2.75, 3.05) is 6.61 Å². The number of rotatable bonds is 4. The molecule has 3 nitrogen and oxygen atoms in total. The van der Waals surface area contributed by atoms with Gasteiger partial charge in [0, 0.05) is 12.8 Å². The van der Waals surface area contributed by atoms with E-state index in [9.17, 15) is 9.59 Å². The highest BCUT2D eigenvalue weighted by Crippen LogP contribution is 2.19. The molecule has 0 aromatic rings. The molecule has 0 heterocycles. The van der Waals surface area contributed by atoms with Gasteiger partial charge in [-0.25, -0.2) is 0 Å². The first kappa shape index (κ1) is 11.0. The molecule has 1 rings (SSSR count). The first-order valence-electron chi connectivity index (χ1n) is 5.10. The van der Waals surface area contributed by atoms with E-state index in [1.807, 2.05) is 0 Å². The van der Waals surface area contributed by atoms with Crippen molar-refractivity contribution in [3.8, 4) is 0 Å². The fourth-order valence-electron chi connectivity index (χ4n) is 1.55. The Balaban J connectivity index is 2.30. The van der Waals surface area contributed by atoms with Crippen LogP contribution in [0.25, 0.3) is 0 Å². The molecule has 0 saturated heterocycles. The van der Waals surface area contributed by atoms with Gasteiger partial charge in [-0.05, 0) is 32.3 Å². The summed E-state index contributed by atoms with van der Waals surface area (Å²) in [6.45, 7) is 2.22. The summed E-state index contributed by atoms with van der Waals surface area (Å²) in [5, 5.41) is 0. The number of ketones is 1. The van der Waals surface area contributed by atoms with E-state index in [4.69, 9.17) is 4.74 Å². The molecule has 0 aromatic carbocycles. The Morgan fingerprint density at radius 2 is 2.29 bits per heavy atom. The Labute approximate surface area is 84.1 Å². The third kappa shape index (κ3) is 3.73. The molecule has 0 radical (unpaired) electrons. The lowest BCUT2D eigenvalue weighted by Crippen LogP contribution is -2.07. The number of allylic oxidation sites excluding steroid dienone is 2. The maximum Gasteiger partial charge on any atom is 0.306 e. The predicted octanol–water partition coefficient (Wildman–Crippen LogP) is 2.01. The molecule has 14 heavy (non-hydrogen) atoms. The number of ether oxygens (including phenoxy) is 1. The Kier molecular flexibility index (Phi) is 4.36. The lowest BCUT2D eigenvalue weighted by molar-refractivity contribution is -0.143. The van der Waals surface area contributed by atoms with Gasteiger partial charge in [0.2, 0.25) is 0 Å². The minimum absolute atomic E-state index is 0.175. The van der Waals surface area contributed by atoms with Crippen molar-refractivity contribution in [1.82, 2.24) is 0 Å². The number of hydrogen-bond acceptors (Lipinski definition) is 3. The van der Waals surface area contributed by atoms with Gasteiger partial charge in [-0.2, -0.15) is 0 Å². The van der Waals surface area contributed by atoms with Gasteiger partial charge in [0.25, 0.3) is 0 Å². The van der Waals surface area contributed by atoms with Crippen molar-refractivity contribution >= 4 is 11.8 Å². The zero-order valence-electron chi connectivity index (χ0n) is 8.54. The topological polar surface area (TPSA) is 43.4 Å². The molecule has 0 bridgehead atoms. The quantitative estimate of drug-likeness (QED) is 0.646. The normalized spacial score (nSPS) is 16.4. The van der Waals surface area contributed by atoms with E-state index < -0.39 is 0 Å². The van der Waals surface area contributed by atoms with E-state index in [1.165, 1.54) is 0 Å². The maximum absolute atomic E-state index is 11.1. The minimum atomic E-state index is -0.175. The zero-order chi connectivity index (χ0) is 10.4. The van der Waals surface area contributed by atoms with Gasteiger partial charge in [0.05, 0.1) is 6.61 Å². The second-order valence-corrected chi connectivity index (χ2v) is 3.43. The van der Waals surface area contributed by atoms with Crippen molar-refractivity contribution in [3.63, 3.8) is 0 Å². The van der Waals surface area contributed by atoms with Crippen molar-refractivity contribution in [1.29, 1.82) is 0 Å². The molecule has 1 aliphatic rings. The van der Waals surface area contributed by atoms with Gasteiger partial charge in [0.1, 0.15) is 0 Å². The third-order valence-electron chi connectivity index (χ3n) is 2.24. The summed E-state index contributed by atoms with van der Waals surface area (Å²) in [6, 6.07) is 0. The summed E-state index contributed by atoms with van der Waals surface area (Å²) in [6.07, 6.45) is 5.28. The lowest BCUT2D eigenvalue weighted by Gasteiger charge is -2.11. The maximum atomic E-state index is 11.1. The van der Waals surface area contributed by atoms with Crippen molar-refractivity contribution in [3.05, 3.63) is 11.6 Å².